The Kier molecular flexibility index (Phi) is 3.32. The van der Waals surface area contributed by atoms with Gasteiger partial charge in [0.15, 0.2) is 11.3 Å². The molecule has 23 heavy (non-hydrogen) atoms. The van der Waals surface area contributed by atoms with E-state index in [0.29, 0.717) is 5.69 Å². The third-order valence-electron chi connectivity index (χ3n) is 3.32. The van der Waals surface area contributed by atoms with E-state index in [1.165, 1.54) is 19.2 Å². The summed E-state index contributed by atoms with van der Waals surface area (Å²) < 4.78 is 7.47. The van der Waals surface area contributed by atoms with Gasteiger partial charge >= 0.3 is 5.97 Å². The summed E-state index contributed by atoms with van der Waals surface area (Å²) >= 11 is 0. The molecule has 0 N–H and O–H groups in total. The van der Waals surface area contributed by atoms with Gasteiger partial charge in [-0.25, -0.2) is 14.3 Å². The van der Waals surface area contributed by atoms with E-state index in [9.17, 15) is 14.7 Å². The highest BCUT2D eigenvalue weighted by atomic mass is 16.5. The second-order valence-corrected chi connectivity index (χ2v) is 4.91. The molecule has 0 atom stereocenters. The minimum atomic E-state index is -1.45. The maximum absolute atomic E-state index is 12.0. The summed E-state index contributed by atoms with van der Waals surface area (Å²) in [5.74, 6) is -2.11. The van der Waals surface area contributed by atoms with Crippen molar-refractivity contribution in [3.8, 4) is 11.3 Å². The van der Waals surface area contributed by atoms with Crippen LogP contribution in [-0.2, 0) is 11.8 Å². The van der Waals surface area contributed by atoms with Gasteiger partial charge in [-0.3, -0.25) is 4.68 Å². The monoisotopic (exact) mass is 314 g/mol. The third kappa shape index (κ3) is 2.41. The molecule has 0 radical (unpaired) electrons. The molecule has 0 bridgehead atoms. The van der Waals surface area contributed by atoms with E-state index in [0.717, 1.165) is 15.8 Å². The van der Waals surface area contributed by atoms with Crippen molar-refractivity contribution < 1.29 is 19.4 Å². The zero-order valence-electron chi connectivity index (χ0n) is 12.6. The lowest BCUT2D eigenvalue weighted by atomic mass is 10.1. The van der Waals surface area contributed by atoms with Crippen molar-refractivity contribution in [1.82, 2.24) is 24.4 Å². The van der Waals surface area contributed by atoms with Crippen LogP contribution in [0.1, 0.15) is 26.7 Å². The summed E-state index contributed by atoms with van der Waals surface area (Å²) in [5, 5.41) is 19.0. The number of hydrogen-bond donors (Lipinski definition) is 0. The molecule has 118 valence electrons. The number of carboxylic acids is 1. The molecule has 0 fully saturated rings. The zero-order valence-corrected chi connectivity index (χ0v) is 12.6. The number of hydrogen-bond acceptors (Lipinski definition) is 7. The number of fused-ring (bicyclic) bond motifs is 1. The molecule has 3 aromatic heterocycles. The summed E-state index contributed by atoms with van der Waals surface area (Å²) in [6.07, 6.45) is 1.76. The first-order valence-corrected chi connectivity index (χ1v) is 6.62. The van der Waals surface area contributed by atoms with Gasteiger partial charge in [0.1, 0.15) is 5.69 Å². The van der Waals surface area contributed by atoms with Crippen molar-refractivity contribution in [3.05, 3.63) is 35.4 Å². The van der Waals surface area contributed by atoms with Gasteiger partial charge in [-0.05, 0) is 13.0 Å². The lowest BCUT2D eigenvalue weighted by Crippen LogP contribution is -2.23. The average Bonchev–Trinajstić information content (AvgIpc) is 3.08. The Morgan fingerprint density at radius 2 is 2.00 bits per heavy atom. The topological polar surface area (TPSA) is 114 Å². The SMILES string of the molecule is COC(=O)c1cc(-c2cn(C)nc2C)nc2cc(C(=O)[O-])nn12. The van der Waals surface area contributed by atoms with Crippen molar-refractivity contribution >= 4 is 17.6 Å². The molecule has 0 amide bonds. The number of esters is 1. The predicted octanol–water partition coefficient (Wildman–Crippen LogP) is -0.412. The van der Waals surface area contributed by atoms with E-state index in [4.69, 9.17) is 4.74 Å². The number of aromatic nitrogens is 5. The molecule has 0 aromatic carbocycles. The van der Waals surface area contributed by atoms with E-state index in [1.807, 2.05) is 6.92 Å². The molecule has 9 heteroatoms. The molecular weight excluding hydrogens is 302 g/mol. The fourth-order valence-electron chi connectivity index (χ4n) is 2.31. The minimum Gasteiger partial charge on any atom is -0.543 e. The van der Waals surface area contributed by atoms with Crippen molar-refractivity contribution in [1.29, 1.82) is 0 Å². The Morgan fingerprint density at radius 1 is 1.26 bits per heavy atom. The van der Waals surface area contributed by atoms with Crippen LogP contribution in [-0.4, -0.2) is 43.4 Å². The van der Waals surface area contributed by atoms with E-state index in [2.05, 4.69) is 15.2 Å². The molecule has 3 heterocycles. The number of carboxylic acid groups (broad SMARTS) is 1. The first kappa shape index (κ1) is 14.7. The summed E-state index contributed by atoms with van der Waals surface area (Å²) in [4.78, 5) is 27.3. The van der Waals surface area contributed by atoms with Crippen LogP contribution >= 0.6 is 0 Å². The van der Waals surface area contributed by atoms with Crippen LogP contribution in [0.4, 0.5) is 0 Å². The summed E-state index contributed by atoms with van der Waals surface area (Å²) in [6, 6.07) is 2.71. The van der Waals surface area contributed by atoms with Gasteiger partial charge in [0.25, 0.3) is 0 Å². The number of aromatic carboxylic acids is 1. The molecule has 3 rings (SSSR count). The molecular formula is C14H12N5O4-. The maximum Gasteiger partial charge on any atom is 0.356 e. The van der Waals surface area contributed by atoms with Crippen molar-refractivity contribution in [2.45, 2.75) is 6.92 Å². The predicted molar refractivity (Wildman–Crippen MR) is 75.6 cm³/mol. The first-order valence-electron chi connectivity index (χ1n) is 6.62. The number of methoxy groups -OCH3 is 1. The van der Waals surface area contributed by atoms with Crippen LogP contribution in [0.5, 0.6) is 0 Å². The largest absolute Gasteiger partial charge is 0.543 e. The maximum atomic E-state index is 12.0. The van der Waals surface area contributed by atoms with Gasteiger partial charge in [0.2, 0.25) is 0 Å². The van der Waals surface area contributed by atoms with Crippen LogP contribution in [0.2, 0.25) is 0 Å². The number of rotatable bonds is 3. The molecule has 0 aliphatic rings. The highest BCUT2D eigenvalue weighted by molar-refractivity contribution is 5.91. The van der Waals surface area contributed by atoms with Crippen LogP contribution < -0.4 is 5.11 Å². The van der Waals surface area contributed by atoms with Gasteiger partial charge in [-0.2, -0.15) is 10.2 Å². The minimum absolute atomic E-state index is 0.0586. The molecule has 0 aliphatic carbocycles. The van der Waals surface area contributed by atoms with E-state index < -0.39 is 11.9 Å². The Labute approximate surface area is 130 Å². The molecule has 9 nitrogen and oxygen atoms in total. The summed E-state index contributed by atoms with van der Waals surface area (Å²) in [7, 11) is 3.00. The van der Waals surface area contributed by atoms with Crippen LogP contribution in [0.15, 0.2) is 18.3 Å². The lowest BCUT2D eigenvalue weighted by molar-refractivity contribution is -0.255. The zero-order chi connectivity index (χ0) is 16.7. The molecule has 0 saturated heterocycles. The Morgan fingerprint density at radius 3 is 2.57 bits per heavy atom. The third-order valence-corrected chi connectivity index (χ3v) is 3.32. The molecule has 0 spiro atoms. The fraction of sp³-hybridized carbons (Fsp3) is 0.214. The summed E-state index contributed by atoms with van der Waals surface area (Å²) in [6.45, 7) is 1.81. The van der Waals surface area contributed by atoms with E-state index in [-0.39, 0.29) is 17.0 Å². The second kappa shape index (κ2) is 5.20. The number of carbonyl (C=O) groups is 2. The van der Waals surface area contributed by atoms with Crippen molar-refractivity contribution in [2.24, 2.45) is 7.05 Å². The van der Waals surface area contributed by atoms with Gasteiger partial charge in [-0.15, -0.1) is 0 Å². The van der Waals surface area contributed by atoms with Crippen LogP contribution in [0.25, 0.3) is 16.9 Å². The highest BCUT2D eigenvalue weighted by Gasteiger charge is 2.18. The molecule has 3 aromatic rings. The number of nitrogens with zero attached hydrogens (tertiary/aromatic N) is 5. The smallest absolute Gasteiger partial charge is 0.356 e. The van der Waals surface area contributed by atoms with E-state index >= 15 is 0 Å². The number of aryl methyl sites for hydroxylation is 2. The Balaban J connectivity index is 2.30. The molecule has 0 saturated carbocycles. The number of carbonyl (C=O) groups excluding carboxylic acids is 2. The average molecular weight is 314 g/mol. The normalized spacial score (nSPS) is 10.9. The second-order valence-electron chi connectivity index (χ2n) is 4.91. The van der Waals surface area contributed by atoms with Gasteiger partial charge in [0, 0.05) is 24.9 Å². The van der Waals surface area contributed by atoms with Crippen molar-refractivity contribution in [2.75, 3.05) is 7.11 Å². The lowest BCUT2D eigenvalue weighted by Gasteiger charge is -2.05. The Hall–Kier alpha value is -3.23. The Bertz CT molecular complexity index is 940. The van der Waals surface area contributed by atoms with Gasteiger partial charge in [-0.1, -0.05) is 0 Å². The van der Waals surface area contributed by atoms with E-state index in [1.54, 1.807) is 17.9 Å². The fourth-order valence-corrected chi connectivity index (χ4v) is 2.31. The summed E-state index contributed by atoms with van der Waals surface area (Å²) in [5.41, 5.74) is 1.85. The van der Waals surface area contributed by atoms with Gasteiger partial charge < -0.3 is 14.6 Å². The molecule has 0 aliphatic heterocycles. The first-order chi connectivity index (χ1) is 10.9. The highest BCUT2D eigenvalue weighted by Crippen LogP contribution is 2.23. The van der Waals surface area contributed by atoms with Crippen molar-refractivity contribution in [3.63, 3.8) is 0 Å². The number of ether oxygens (including phenoxy) is 1. The molecule has 0 unspecified atom stereocenters. The van der Waals surface area contributed by atoms with Gasteiger partial charge in [0.05, 0.1) is 24.5 Å². The van der Waals surface area contributed by atoms with Crippen LogP contribution in [0.3, 0.4) is 0 Å². The quantitative estimate of drug-likeness (QED) is 0.603. The standard InChI is InChI=1S/C14H13N5O4/c1-7-8(6-18(2)16-7)9-4-11(14(22)23-3)19-12(15-9)5-10(17-19)13(20)21/h4-6H,1-3H3,(H,20,21)/p-1. The van der Waals surface area contributed by atoms with Crippen LogP contribution in [0, 0.1) is 6.92 Å².